The molecule has 2 heterocycles. The van der Waals surface area contributed by atoms with Crippen molar-refractivity contribution in [2.24, 2.45) is 0 Å². The molecule has 0 saturated heterocycles. The van der Waals surface area contributed by atoms with Crippen molar-refractivity contribution < 1.29 is 28.5 Å². The first-order valence-corrected chi connectivity index (χ1v) is 7.27. The van der Waals surface area contributed by atoms with E-state index in [0.717, 1.165) is 11.3 Å². The minimum atomic E-state index is -0.304. The lowest BCUT2D eigenvalue weighted by atomic mass is 10.1. The number of hydrogen-bond donors (Lipinski definition) is 0. The van der Waals surface area contributed by atoms with E-state index in [2.05, 4.69) is 0 Å². The van der Waals surface area contributed by atoms with Crippen LogP contribution in [0.1, 0.15) is 12.0 Å². The molecule has 2 aromatic rings. The van der Waals surface area contributed by atoms with Crippen LogP contribution >= 0.6 is 0 Å². The molecule has 0 amide bonds. The lowest BCUT2D eigenvalue weighted by Gasteiger charge is -2.06. The summed E-state index contributed by atoms with van der Waals surface area (Å²) in [5, 5.41) is 0. The Balaban J connectivity index is 1.35. The molecule has 0 radical (unpaired) electrons. The number of carbonyl (C=O) groups is 1. The zero-order valence-electron chi connectivity index (χ0n) is 12.2. The average molecular weight is 314 g/mol. The summed E-state index contributed by atoms with van der Waals surface area (Å²) < 4.78 is 26.4. The molecule has 0 spiro atoms. The predicted octanol–water partition coefficient (Wildman–Crippen LogP) is 2.68. The summed E-state index contributed by atoms with van der Waals surface area (Å²) in [6.07, 6.45) is 0.841. The van der Waals surface area contributed by atoms with Gasteiger partial charge in [0.05, 0.1) is 0 Å². The SMILES string of the molecule is O=C(CCc1ccc2c(c1)OCO2)Oc1ccc2c(c1)OCO2. The monoisotopic (exact) mass is 314 g/mol. The zero-order valence-corrected chi connectivity index (χ0v) is 12.2. The van der Waals surface area contributed by atoms with Crippen molar-refractivity contribution in [2.45, 2.75) is 12.8 Å². The van der Waals surface area contributed by atoms with Gasteiger partial charge in [-0.1, -0.05) is 6.07 Å². The molecule has 0 N–H and O–H groups in total. The van der Waals surface area contributed by atoms with Gasteiger partial charge < -0.3 is 23.7 Å². The molecule has 0 fully saturated rings. The third-order valence-corrected chi connectivity index (χ3v) is 3.63. The fraction of sp³-hybridized carbons (Fsp3) is 0.235. The topological polar surface area (TPSA) is 63.2 Å². The van der Waals surface area contributed by atoms with Crippen LogP contribution in [0.25, 0.3) is 0 Å². The van der Waals surface area contributed by atoms with Gasteiger partial charge in [-0.3, -0.25) is 4.79 Å². The van der Waals surface area contributed by atoms with Crippen LogP contribution in [0, 0.1) is 0 Å². The smallest absolute Gasteiger partial charge is 0.311 e. The van der Waals surface area contributed by atoms with Crippen molar-refractivity contribution in [3.8, 4) is 28.7 Å². The molecule has 118 valence electrons. The number of ether oxygens (including phenoxy) is 5. The maximum absolute atomic E-state index is 12.0. The number of aryl methyl sites for hydroxylation is 1. The van der Waals surface area contributed by atoms with Crippen molar-refractivity contribution >= 4 is 5.97 Å². The summed E-state index contributed by atoms with van der Waals surface area (Å²) in [5.74, 6) is 2.84. The van der Waals surface area contributed by atoms with Gasteiger partial charge in [0.15, 0.2) is 23.0 Å². The van der Waals surface area contributed by atoms with Gasteiger partial charge >= 0.3 is 5.97 Å². The maximum atomic E-state index is 12.0. The van der Waals surface area contributed by atoms with Gasteiger partial charge in [-0.25, -0.2) is 0 Å². The highest BCUT2D eigenvalue weighted by Gasteiger charge is 2.16. The number of benzene rings is 2. The minimum absolute atomic E-state index is 0.191. The van der Waals surface area contributed by atoms with E-state index in [1.165, 1.54) is 0 Å². The summed E-state index contributed by atoms with van der Waals surface area (Å²) >= 11 is 0. The summed E-state index contributed by atoms with van der Waals surface area (Å²) in [6, 6.07) is 10.7. The second kappa shape index (κ2) is 5.72. The number of hydrogen-bond acceptors (Lipinski definition) is 6. The van der Waals surface area contributed by atoms with Gasteiger partial charge in [0.2, 0.25) is 13.6 Å². The molecule has 0 aromatic heterocycles. The molecule has 0 saturated carbocycles. The molecule has 2 aromatic carbocycles. The van der Waals surface area contributed by atoms with Crippen LogP contribution in [0.15, 0.2) is 36.4 Å². The fourth-order valence-corrected chi connectivity index (χ4v) is 2.47. The zero-order chi connectivity index (χ0) is 15.6. The molecule has 23 heavy (non-hydrogen) atoms. The van der Waals surface area contributed by atoms with Crippen LogP contribution in [-0.2, 0) is 11.2 Å². The van der Waals surface area contributed by atoms with Gasteiger partial charge in [0.25, 0.3) is 0 Å². The van der Waals surface area contributed by atoms with E-state index in [-0.39, 0.29) is 26.0 Å². The highest BCUT2D eigenvalue weighted by Crippen LogP contribution is 2.35. The van der Waals surface area contributed by atoms with Crippen LogP contribution in [0.3, 0.4) is 0 Å². The van der Waals surface area contributed by atoms with E-state index in [1.54, 1.807) is 18.2 Å². The molecule has 2 aliphatic rings. The Hall–Kier alpha value is -2.89. The third kappa shape index (κ3) is 2.88. The number of fused-ring (bicyclic) bond motifs is 2. The van der Waals surface area contributed by atoms with Gasteiger partial charge in [0, 0.05) is 12.5 Å². The van der Waals surface area contributed by atoms with Crippen LogP contribution in [-0.4, -0.2) is 19.6 Å². The van der Waals surface area contributed by atoms with Gasteiger partial charge in [-0.15, -0.1) is 0 Å². The van der Waals surface area contributed by atoms with Crippen LogP contribution in [0.4, 0.5) is 0 Å². The van der Waals surface area contributed by atoms with Crippen molar-refractivity contribution in [1.29, 1.82) is 0 Å². The summed E-state index contributed by atoms with van der Waals surface area (Å²) in [7, 11) is 0. The Morgan fingerprint density at radius 2 is 1.52 bits per heavy atom. The highest BCUT2D eigenvalue weighted by molar-refractivity contribution is 5.73. The van der Waals surface area contributed by atoms with E-state index in [4.69, 9.17) is 23.7 Å². The second-order valence-electron chi connectivity index (χ2n) is 5.18. The standard InChI is InChI=1S/C17H14O6/c18-17(23-12-3-5-14-16(8-12)22-10-20-14)6-2-11-1-4-13-15(7-11)21-9-19-13/h1,3-5,7-8H,2,6,9-10H2. The normalized spacial score (nSPS) is 13.9. The first-order chi connectivity index (χ1) is 11.3. The summed E-state index contributed by atoms with van der Waals surface area (Å²) in [5.41, 5.74) is 0.997. The van der Waals surface area contributed by atoms with Crippen LogP contribution < -0.4 is 23.7 Å². The Morgan fingerprint density at radius 3 is 2.30 bits per heavy atom. The minimum Gasteiger partial charge on any atom is -0.454 e. The molecule has 6 heteroatoms. The number of carbonyl (C=O) groups excluding carboxylic acids is 1. The molecular weight excluding hydrogens is 300 g/mol. The first kappa shape index (κ1) is 13.8. The van der Waals surface area contributed by atoms with Gasteiger partial charge in [0.1, 0.15) is 5.75 Å². The molecule has 6 nitrogen and oxygen atoms in total. The van der Waals surface area contributed by atoms with Crippen molar-refractivity contribution in [1.82, 2.24) is 0 Å². The third-order valence-electron chi connectivity index (χ3n) is 3.63. The first-order valence-electron chi connectivity index (χ1n) is 7.27. The van der Waals surface area contributed by atoms with Crippen LogP contribution in [0.2, 0.25) is 0 Å². The van der Waals surface area contributed by atoms with Crippen molar-refractivity contribution in [3.05, 3.63) is 42.0 Å². The number of esters is 1. The molecule has 0 aliphatic carbocycles. The predicted molar refractivity (Wildman–Crippen MR) is 79.1 cm³/mol. The van der Waals surface area contributed by atoms with Crippen LogP contribution in [0.5, 0.6) is 28.7 Å². The van der Waals surface area contributed by atoms with Gasteiger partial charge in [-0.2, -0.15) is 0 Å². The largest absolute Gasteiger partial charge is 0.454 e. The molecule has 4 rings (SSSR count). The van der Waals surface area contributed by atoms with E-state index >= 15 is 0 Å². The lowest BCUT2D eigenvalue weighted by molar-refractivity contribution is -0.134. The quantitative estimate of drug-likeness (QED) is 0.638. The molecular formula is C17H14O6. The van der Waals surface area contributed by atoms with Crippen molar-refractivity contribution in [3.63, 3.8) is 0 Å². The second-order valence-corrected chi connectivity index (χ2v) is 5.18. The molecule has 0 atom stereocenters. The molecule has 2 aliphatic heterocycles. The maximum Gasteiger partial charge on any atom is 0.311 e. The Morgan fingerprint density at radius 1 is 0.870 bits per heavy atom. The molecule has 0 unspecified atom stereocenters. The van der Waals surface area contributed by atoms with Gasteiger partial charge in [-0.05, 0) is 36.2 Å². The lowest BCUT2D eigenvalue weighted by Crippen LogP contribution is -2.09. The molecule has 0 bridgehead atoms. The van der Waals surface area contributed by atoms with E-state index in [1.807, 2.05) is 18.2 Å². The Labute approximate surface area is 132 Å². The average Bonchev–Trinajstić information content (AvgIpc) is 3.20. The van der Waals surface area contributed by atoms with E-state index in [9.17, 15) is 4.79 Å². The van der Waals surface area contributed by atoms with Crippen molar-refractivity contribution in [2.75, 3.05) is 13.6 Å². The Kier molecular flexibility index (Phi) is 3.42. The van der Waals surface area contributed by atoms with E-state index in [0.29, 0.717) is 29.4 Å². The summed E-state index contributed by atoms with van der Waals surface area (Å²) in [6.45, 7) is 0.432. The van der Waals surface area contributed by atoms with E-state index < -0.39 is 0 Å². The Bertz CT molecular complexity index is 755. The number of rotatable bonds is 4. The summed E-state index contributed by atoms with van der Waals surface area (Å²) in [4.78, 5) is 12.0. The highest BCUT2D eigenvalue weighted by atomic mass is 16.7. The fourth-order valence-electron chi connectivity index (χ4n) is 2.47.